The molecule has 0 saturated carbocycles. The minimum Gasteiger partial charge on any atom is -0.379 e. The number of aromatic nitrogens is 2. The number of benzene rings is 2. The third-order valence-corrected chi connectivity index (χ3v) is 4.99. The SMILES string of the molecule is O=[N+]([O-])c1ccc2c(c1)n(CN1CCOCC1)c(=S)n2-c1ccccc1. The van der Waals surface area contributed by atoms with Crippen LogP contribution in [-0.2, 0) is 11.4 Å². The second-order valence-corrected chi connectivity index (χ2v) is 6.55. The molecule has 1 aromatic heterocycles. The molecule has 4 rings (SSSR count). The maximum Gasteiger partial charge on any atom is 0.271 e. The number of para-hydroxylation sites is 1. The van der Waals surface area contributed by atoms with E-state index in [4.69, 9.17) is 17.0 Å². The number of nitro benzene ring substituents is 1. The lowest BCUT2D eigenvalue weighted by Crippen LogP contribution is -2.37. The van der Waals surface area contributed by atoms with Crippen molar-refractivity contribution in [2.75, 3.05) is 26.3 Å². The summed E-state index contributed by atoms with van der Waals surface area (Å²) in [5.41, 5.74) is 2.63. The number of nitro groups is 1. The summed E-state index contributed by atoms with van der Waals surface area (Å²) in [7, 11) is 0. The lowest BCUT2D eigenvalue weighted by atomic mass is 10.2. The van der Waals surface area contributed by atoms with E-state index in [2.05, 4.69) is 4.90 Å². The Balaban J connectivity index is 1.90. The first-order valence-electron chi connectivity index (χ1n) is 8.40. The fourth-order valence-corrected chi connectivity index (χ4v) is 3.62. The fourth-order valence-electron chi connectivity index (χ4n) is 3.26. The molecule has 8 heteroatoms. The molecule has 1 aliphatic rings. The molecule has 2 aromatic carbocycles. The predicted molar refractivity (Wildman–Crippen MR) is 101 cm³/mol. The average molecular weight is 370 g/mol. The van der Waals surface area contributed by atoms with Crippen LogP contribution < -0.4 is 0 Å². The Hall–Kier alpha value is -2.55. The first kappa shape index (κ1) is 16.9. The van der Waals surface area contributed by atoms with Gasteiger partial charge >= 0.3 is 0 Å². The quantitative estimate of drug-likeness (QED) is 0.400. The number of imidazole rings is 1. The minimum absolute atomic E-state index is 0.0634. The van der Waals surface area contributed by atoms with Crippen LogP contribution in [0.25, 0.3) is 16.7 Å². The molecular formula is C18H18N4O3S. The number of rotatable bonds is 4. The summed E-state index contributed by atoms with van der Waals surface area (Å²) in [5, 5.41) is 11.2. The number of morpholine rings is 1. The van der Waals surface area contributed by atoms with Gasteiger partial charge < -0.3 is 9.30 Å². The Morgan fingerprint density at radius 1 is 1.08 bits per heavy atom. The van der Waals surface area contributed by atoms with E-state index in [9.17, 15) is 10.1 Å². The molecule has 0 radical (unpaired) electrons. The van der Waals surface area contributed by atoms with Crippen molar-refractivity contribution in [2.45, 2.75) is 6.67 Å². The van der Waals surface area contributed by atoms with Crippen LogP contribution >= 0.6 is 12.2 Å². The van der Waals surface area contributed by atoms with Gasteiger partial charge in [0.15, 0.2) is 4.77 Å². The molecule has 0 atom stereocenters. The van der Waals surface area contributed by atoms with Crippen molar-refractivity contribution in [2.24, 2.45) is 0 Å². The third-order valence-electron chi connectivity index (χ3n) is 4.58. The summed E-state index contributed by atoms with van der Waals surface area (Å²) in [5.74, 6) is 0. The summed E-state index contributed by atoms with van der Waals surface area (Å²) in [6.45, 7) is 3.58. The Morgan fingerprint density at radius 3 is 2.50 bits per heavy atom. The van der Waals surface area contributed by atoms with E-state index < -0.39 is 0 Å². The van der Waals surface area contributed by atoms with E-state index in [0.29, 0.717) is 24.7 Å². The van der Waals surface area contributed by atoms with Gasteiger partial charge in [-0.1, -0.05) is 18.2 Å². The highest BCUT2D eigenvalue weighted by atomic mass is 32.1. The first-order valence-corrected chi connectivity index (χ1v) is 8.81. The predicted octanol–water partition coefficient (Wildman–Crippen LogP) is 3.36. The summed E-state index contributed by atoms with van der Waals surface area (Å²) in [4.78, 5) is 13.1. The van der Waals surface area contributed by atoms with Crippen LogP contribution in [0, 0.1) is 14.9 Å². The van der Waals surface area contributed by atoms with E-state index in [1.807, 2.05) is 39.5 Å². The van der Waals surface area contributed by atoms with Crippen LogP contribution in [0.5, 0.6) is 0 Å². The van der Waals surface area contributed by atoms with Crippen molar-refractivity contribution < 1.29 is 9.66 Å². The molecule has 0 N–H and O–H groups in total. The molecule has 1 saturated heterocycles. The van der Waals surface area contributed by atoms with Gasteiger partial charge in [0.2, 0.25) is 0 Å². The van der Waals surface area contributed by atoms with Gasteiger partial charge in [-0.05, 0) is 30.4 Å². The standard InChI is InChI=1S/C18H18N4O3S/c23-22(24)15-6-7-16-17(12-15)20(13-19-8-10-25-11-9-19)18(26)21(16)14-4-2-1-3-5-14/h1-7,12H,8-11,13H2. The molecule has 7 nitrogen and oxygen atoms in total. The van der Waals surface area contributed by atoms with E-state index in [1.165, 1.54) is 6.07 Å². The molecule has 3 aromatic rings. The number of nitrogens with zero attached hydrogens (tertiary/aromatic N) is 4. The van der Waals surface area contributed by atoms with E-state index in [-0.39, 0.29) is 10.6 Å². The Morgan fingerprint density at radius 2 is 1.81 bits per heavy atom. The Labute approximate surface area is 155 Å². The van der Waals surface area contributed by atoms with Crippen LogP contribution in [0.4, 0.5) is 5.69 Å². The van der Waals surface area contributed by atoms with Crippen LogP contribution in [0.15, 0.2) is 48.5 Å². The topological polar surface area (TPSA) is 65.5 Å². The summed E-state index contributed by atoms with van der Waals surface area (Å²) in [6, 6.07) is 14.7. The number of hydrogen-bond donors (Lipinski definition) is 0. The zero-order chi connectivity index (χ0) is 18.1. The zero-order valence-corrected chi connectivity index (χ0v) is 14.9. The Bertz CT molecular complexity index is 1010. The normalized spacial score (nSPS) is 15.4. The molecule has 0 bridgehead atoms. The highest BCUT2D eigenvalue weighted by molar-refractivity contribution is 7.71. The van der Waals surface area contributed by atoms with Gasteiger partial charge in [-0.2, -0.15) is 0 Å². The molecule has 1 fully saturated rings. The molecule has 0 unspecified atom stereocenters. The van der Waals surface area contributed by atoms with Crippen molar-refractivity contribution in [3.05, 3.63) is 63.4 Å². The summed E-state index contributed by atoms with van der Waals surface area (Å²) in [6.07, 6.45) is 0. The largest absolute Gasteiger partial charge is 0.379 e. The van der Waals surface area contributed by atoms with Crippen molar-refractivity contribution in [3.63, 3.8) is 0 Å². The smallest absolute Gasteiger partial charge is 0.271 e. The lowest BCUT2D eigenvalue weighted by Gasteiger charge is -2.27. The monoisotopic (exact) mass is 370 g/mol. The van der Waals surface area contributed by atoms with Gasteiger partial charge in [-0.25, -0.2) is 0 Å². The van der Waals surface area contributed by atoms with E-state index in [0.717, 1.165) is 29.8 Å². The number of fused-ring (bicyclic) bond motifs is 1. The van der Waals surface area contributed by atoms with Crippen molar-refractivity contribution in [1.82, 2.24) is 14.0 Å². The third kappa shape index (κ3) is 3.03. The number of hydrogen-bond acceptors (Lipinski definition) is 5. The maximum absolute atomic E-state index is 11.2. The van der Waals surface area contributed by atoms with Gasteiger partial charge in [-0.15, -0.1) is 0 Å². The molecule has 2 heterocycles. The van der Waals surface area contributed by atoms with Crippen molar-refractivity contribution >= 4 is 28.9 Å². The second-order valence-electron chi connectivity index (χ2n) is 6.18. The van der Waals surface area contributed by atoms with E-state index >= 15 is 0 Å². The van der Waals surface area contributed by atoms with Gasteiger partial charge in [0.05, 0.1) is 35.8 Å². The van der Waals surface area contributed by atoms with Gasteiger partial charge in [0.25, 0.3) is 5.69 Å². The highest BCUT2D eigenvalue weighted by Gasteiger charge is 2.19. The highest BCUT2D eigenvalue weighted by Crippen LogP contribution is 2.26. The maximum atomic E-state index is 11.2. The lowest BCUT2D eigenvalue weighted by molar-refractivity contribution is -0.384. The van der Waals surface area contributed by atoms with Crippen molar-refractivity contribution in [1.29, 1.82) is 0 Å². The molecule has 134 valence electrons. The van der Waals surface area contributed by atoms with Crippen LogP contribution in [0.2, 0.25) is 0 Å². The first-order chi connectivity index (χ1) is 12.6. The van der Waals surface area contributed by atoms with Gasteiger partial charge in [0, 0.05) is 30.9 Å². The summed E-state index contributed by atoms with van der Waals surface area (Å²) < 4.78 is 9.97. The van der Waals surface area contributed by atoms with Crippen molar-refractivity contribution in [3.8, 4) is 5.69 Å². The second kappa shape index (κ2) is 6.99. The van der Waals surface area contributed by atoms with Crippen LogP contribution in [0.3, 0.4) is 0 Å². The molecular weight excluding hydrogens is 352 g/mol. The Kier molecular flexibility index (Phi) is 4.54. The average Bonchev–Trinajstić information content (AvgIpc) is 2.94. The van der Waals surface area contributed by atoms with Gasteiger partial charge in [-0.3, -0.25) is 19.6 Å². The van der Waals surface area contributed by atoms with Gasteiger partial charge in [0.1, 0.15) is 0 Å². The number of ether oxygens (including phenoxy) is 1. The van der Waals surface area contributed by atoms with Crippen LogP contribution in [0.1, 0.15) is 0 Å². The molecule has 26 heavy (non-hydrogen) atoms. The molecule has 1 aliphatic heterocycles. The zero-order valence-electron chi connectivity index (χ0n) is 14.1. The molecule has 0 aliphatic carbocycles. The van der Waals surface area contributed by atoms with E-state index in [1.54, 1.807) is 12.1 Å². The van der Waals surface area contributed by atoms with Crippen LogP contribution in [-0.4, -0.2) is 45.3 Å². The molecule has 0 amide bonds. The summed E-state index contributed by atoms with van der Waals surface area (Å²) >= 11 is 5.75. The number of non-ortho nitro benzene ring substituents is 1. The fraction of sp³-hybridized carbons (Fsp3) is 0.278. The molecule has 0 spiro atoms. The minimum atomic E-state index is -0.374.